The van der Waals surface area contributed by atoms with Crippen LogP contribution in [-0.2, 0) is 6.61 Å². The van der Waals surface area contributed by atoms with E-state index in [1.807, 2.05) is 18.2 Å². The summed E-state index contributed by atoms with van der Waals surface area (Å²) in [7, 11) is 1.60. The Morgan fingerprint density at radius 2 is 2.20 bits per heavy atom. The molecule has 4 rings (SSSR count). The van der Waals surface area contributed by atoms with E-state index in [2.05, 4.69) is 26.0 Å². The molecule has 0 bridgehead atoms. The average molecular weight is 420 g/mol. The molecule has 0 saturated heterocycles. The Hall–Kier alpha value is -3.63. The lowest BCUT2D eigenvalue weighted by Gasteiger charge is -2.12. The second kappa shape index (κ2) is 8.80. The lowest BCUT2D eigenvalue weighted by molar-refractivity contribution is 0.298. The van der Waals surface area contributed by atoms with E-state index in [0.29, 0.717) is 34.5 Å². The number of halogens is 1. The number of nitrogens with zero attached hydrogens (tertiary/aromatic N) is 4. The van der Waals surface area contributed by atoms with Crippen LogP contribution in [0.1, 0.15) is 23.0 Å². The zero-order valence-electron chi connectivity index (χ0n) is 16.2. The van der Waals surface area contributed by atoms with Gasteiger partial charge in [0.05, 0.1) is 42.7 Å². The molecule has 0 amide bonds. The summed E-state index contributed by atoms with van der Waals surface area (Å²) in [5.74, 6) is 2.13. The molecule has 2 aromatic heterocycles. The van der Waals surface area contributed by atoms with Crippen LogP contribution in [0.2, 0.25) is 0 Å². The number of hydrogen-bond acceptors (Lipinski definition) is 6. The molecular weight excluding hydrogens is 402 g/mol. The Morgan fingerprint density at radius 1 is 1.30 bits per heavy atom. The number of aliphatic imine (C=N–C) groups is 1. The van der Waals surface area contributed by atoms with Crippen LogP contribution >= 0.6 is 11.6 Å². The fraction of sp³-hybridized carbons (Fsp3) is 0.182. The van der Waals surface area contributed by atoms with Gasteiger partial charge in [0.25, 0.3) is 0 Å². The fourth-order valence-corrected chi connectivity index (χ4v) is 3.27. The van der Waals surface area contributed by atoms with Crippen molar-refractivity contribution in [1.82, 2.24) is 15.0 Å². The number of aromatic amines is 1. The number of aromatic nitrogens is 3. The summed E-state index contributed by atoms with van der Waals surface area (Å²) in [6.07, 6.45) is 7.18. The molecular formula is C22H18ClN5O2. The third-order valence-electron chi connectivity index (χ3n) is 4.70. The lowest BCUT2D eigenvalue weighted by atomic mass is 10.1. The standard InChI is InChI=1S/C22H18ClN5O2/c1-29-20-9-16(30-13-19-14(10-24)3-2-8-25-19)5-6-17(20)18-12-27-22(28-18)15-4-7-21(23)26-11-15/h2-9,12,15H,11,13H2,1H3,(H,27,28). The molecule has 3 heterocycles. The van der Waals surface area contributed by atoms with Crippen LogP contribution in [0.3, 0.4) is 0 Å². The number of ether oxygens (including phenoxy) is 2. The van der Waals surface area contributed by atoms with Crippen LogP contribution in [0.25, 0.3) is 11.3 Å². The van der Waals surface area contributed by atoms with Gasteiger partial charge in [-0.05, 0) is 30.3 Å². The van der Waals surface area contributed by atoms with Gasteiger partial charge < -0.3 is 14.5 Å². The van der Waals surface area contributed by atoms with Gasteiger partial charge in [0.2, 0.25) is 0 Å². The largest absolute Gasteiger partial charge is 0.496 e. The maximum atomic E-state index is 9.18. The maximum absolute atomic E-state index is 9.18. The van der Waals surface area contributed by atoms with Crippen molar-refractivity contribution in [2.24, 2.45) is 4.99 Å². The van der Waals surface area contributed by atoms with Crippen molar-refractivity contribution in [3.05, 3.63) is 72.0 Å². The molecule has 7 nitrogen and oxygen atoms in total. The number of allylic oxidation sites excluding steroid dienone is 1. The quantitative estimate of drug-likeness (QED) is 0.645. The average Bonchev–Trinajstić information content (AvgIpc) is 3.28. The molecule has 8 heteroatoms. The molecule has 1 N–H and O–H groups in total. The van der Waals surface area contributed by atoms with Crippen molar-refractivity contribution in [3.8, 4) is 28.8 Å². The summed E-state index contributed by atoms with van der Waals surface area (Å²) in [6, 6.07) is 11.1. The minimum absolute atomic E-state index is 0.0579. The number of hydrogen-bond donors (Lipinski definition) is 1. The van der Waals surface area contributed by atoms with Crippen LogP contribution in [-0.4, -0.2) is 33.8 Å². The van der Waals surface area contributed by atoms with Gasteiger partial charge in [0, 0.05) is 17.8 Å². The van der Waals surface area contributed by atoms with Gasteiger partial charge >= 0.3 is 0 Å². The molecule has 1 aliphatic rings. The molecule has 30 heavy (non-hydrogen) atoms. The number of methoxy groups -OCH3 is 1. The Kier molecular flexibility index (Phi) is 5.77. The summed E-state index contributed by atoms with van der Waals surface area (Å²) in [4.78, 5) is 16.3. The van der Waals surface area contributed by atoms with E-state index in [0.717, 1.165) is 17.1 Å². The molecule has 0 saturated carbocycles. The molecule has 1 aromatic carbocycles. The maximum Gasteiger partial charge on any atom is 0.132 e. The van der Waals surface area contributed by atoms with Gasteiger partial charge in [-0.1, -0.05) is 17.7 Å². The van der Waals surface area contributed by atoms with Crippen LogP contribution in [0, 0.1) is 11.3 Å². The monoisotopic (exact) mass is 419 g/mol. The number of imidazole rings is 1. The van der Waals surface area contributed by atoms with Crippen LogP contribution < -0.4 is 9.47 Å². The zero-order valence-corrected chi connectivity index (χ0v) is 16.9. The highest BCUT2D eigenvalue weighted by Gasteiger charge is 2.17. The fourth-order valence-electron chi connectivity index (χ4n) is 3.12. The van der Waals surface area contributed by atoms with Crippen molar-refractivity contribution in [2.45, 2.75) is 12.5 Å². The van der Waals surface area contributed by atoms with Crippen molar-refractivity contribution < 1.29 is 9.47 Å². The Bertz CT molecular complexity index is 1160. The van der Waals surface area contributed by atoms with E-state index in [9.17, 15) is 5.26 Å². The van der Waals surface area contributed by atoms with Gasteiger partial charge in [0.1, 0.15) is 35.2 Å². The number of nitrogens with one attached hydrogen (secondary N) is 1. The third-order valence-corrected chi connectivity index (χ3v) is 4.95. The van der Waals surface area contributed by atoms with Crippen molar-refractivity contribution in [3.63, 3.8) is 0 Å². The molecule has 3 aromatic rings. The molecule has 1 unspecified atom stereocenters. The van der Waals surface area contributed by atoms with Gasteiger partial charge in [0.15, 0.2) is 0 Å². The summed E-state index contributed by atoms with van der Waals surface area (Å²) >= 11 is 5.89. The van der Waals surface area contributed by atoms with Gasteiger partial charge in [-0.15, -0.1) is 0 Å². The van der Waals surface area contributed by atoms with Crippen LogP contribution in [0.15, 0.2) is 59.9 Å². The van der Waals surface area contributed by atoms with E-state index in [4.69, 9.17) is 21.1 Å². The predicted octanol–water partition coefficient (Wildman–Crippen LogP) is 4.22. The highest BCUT2D eigenvalue weighted by molar-refractivity contribution is 6.68. The minimum atomic E-state index is 0.0579. The van der Waals surface area contributed by atoms with E-state index in [-0.39, 0.29) is 12.5 Å². The Morgan fingerprint density at radius 3 is 2.97 bits per heavy atom. The first kappa shape index (κ1) is 19.7. The van der Waals surface area contributed by atoms with Crippen LogP contribution in [0.5, 0.6) is 11.5 Å². The Labute approximate surface area is 178 Å². The first-order chi connectivity index (χ1) is 14.7. The smallest absolute Gasteiger partial charge is 0.132 e. The Balaban J connectivity index is 1.52. The molecule has 1 atom stereocenters. The molecule has 0 radical (unpaired) electrons. The third kappa shape index (κ3) is 4.19. The van der Waals surface area contributed by atoms with E-state index in [1.54, 1.807) is 43.8 Å². The topological polar surface area (TPSA) is 96.2 Å². The molecule has 1 aliphatic heterocycles. The number of H-pyrrole nitrogens is 1. The first-order valence-electron chi connectivity index (χ1n) is 9.26. The molecule has 150 valence electrons. The predicted molar refractivity (Wildman–Crippen MR) is 114 cm³/mol. The summed E-state index contributed by atoms with van der Waals surface area (Å²) in [5.41, 5.74) is 2.78. The van der Waals surface area contributed by atoms with E-state index in [1.165, 1.54) is 0 Å². The molecule has 0 fully saturated rings. The lowest BCUT2D eigenvalue weighted by Crippen LogP contribution is -2.07. The summed E-state index contributed by atoms with van der Waals surface area (Å²) < 4.78 is 11.4. The van der Waals surface area contributed by atoms with Gasteiger partial charge in [-0.3, -0.25) is 9.98 Å². The SMILES string of the molecule is COc1cc(OCc2ncccc2C#N)ccc1-c1cnc(C2C=CC(Cl)=NC2)[nH]1. The molecule has 0 spiro atoms. The van der Waals surface area contributed by atoms with Crippen LogP contribution in [0.4, 0.5) is 0 Å². The summed E-state index contributed by atoms with van der Waals surface area (Å²) in [6.45, 7) is 0.752. The summed E-state index contributed by atoms with van der Waals surface area (Å²) in [5, 5.41) is 9.68. The minimum Gasteiger partial charge on any atom is -0.496 e. The second-order valence-electron chi connectivity index (χ2n) is 6.57. The molecule has 0 aliphatic carbocycles. The normalized spacial score (nSPS) is 15.4. The van der Waals surface area contributed by atoms with E-state index < -0.39 is 0 Å². The van der Waals surface area contributed by atoms with Crippen molar-refractivity contribution in [1.29, 1.82) is 5.26 Å². The highest BCUT2D eigenvalue weighted by atomic mass is 35.5. The number of nitriles is 1. The van der Waals surface area contributed by atoms with Gasteiger partial charge in [-0.2, -0.15) is 5.26 Å². The van der Waals surface area contributed by atoms with Crippen molar-refractivity contribution in [2.75, 3.05) is 13.7 Å². The second-order valence-corrected chi connectivity index (χ2v) is 6.96. The number of rotatable bonds is 6. The first-order valence-corrected chi connectivity index (χ1v) is 9.64. The zero-order chi connectivity index (χ0) is 20.9. The number of benzene rings is 1. The number of pyridine rings is 1. The highest BCUT2D eigenvalue weighted by Crippen LogP contribution is 2.33. The number of dihydropyridines is 1. The van der Waals surface area contributed by atoms with Crippen molar-refractivity contribution >= 4 is 16.8 Å². The van der Waals surface area contributed by atoms with Gasteiger partial charge in [-0.25, -0.2) is 4.98 Å². The van der Waals surface area contributed by atoms with E-state index >= 15 is 0 Å².